The molecule has 1 rings (SSSR count). The second-order valence-corrected chi connectivity index (χ2v) is 4.66. The fraction of sp³-hybridized carbons (Fsp3) is 0.500. The number of likely N-dealkylation sites (N-methyl/N-ethyl adjacent to an activating group) is 2. The second-order valence-electron chi connectivity index (χ2n) is 4.66. The summed E-state index contributed by atoms with van der Waals surface area (Å²) in [5.41, 5.74) is 1.88. The highest BCUT2D eigenvalue weighted by molar-refractivity contribution is 5.80. The van der Waals surface area contributed by atoms with Gasteiger partial charge in [-0.05, 0) is 24.1 Å². The predicted molar refractivity (Wildman–Crippen MR) is 73.7 cm³/mol. The van der Waals surface area contributed by atoms with Crippen LogP contribution >= 0.6 is 0 Å². The van der Waals surface area contributed by atoms with Crippen LogP contribution in [0.5, 0.6) is 0 Å². The van der Waals surface area contributed by atoms with Gasteiger partial charge in [-0.2, -0.15) is 0 Å². The Hall–Kier alpha value is -1.55. The lowest BCUT2D eigenvalue weighted by molar-refractivity contribution is -0.127. The summed E-state index contributed by atoms with van der Waals surface area (Å²) in [7, 11) is 5.38. The normalized spacial score (nSPS) is 12.1. The summed E-state index contributed by atoms with van der Waals surface area (Å²) in [5.74, 6) is 0.0650. The van der Waals surface area contributed by atoms with Gasteiger partial charge in [-0.15, -0.1) is 0 Å². The van der Waals surface area contributed by atoms with Crippen molar-refractivity contribution in [2.75, 3.05) is 32.6 Å². The van der Waals surface area contributed by atoms with Crippen LogP contribution in [0.25, 0.3) is 0 Å². The molecule has 4 heteroatoms. The molecule has 0 saturated carbocycles. The molecule has 0 aliphatic heterocycles. The van der Waals surface area contributed by atoms with E-state index in [0.29, 0.717) is 13.0 Å². The van der Waals surface area contributed by atoms with E-state index in [1.807, 2.05) is 43.1 Å². The number of aliphatic hydroxyl groups is 1. The van der Waals surface area contributed by atoms with Crippen molar-refractivity contribution in [3.05, 3.63) is 29.8 Å². The summed E-state index contributed by atoms with van der Waals surface area (Å²) in [4.78, 5) is 15.1. The highest BCUT2D eigenvalue weighted by Gasteiger charge is 2.10. The van der Waals surface area contributed by atoms with E-state index in [-0.39, 0.29) is 5.91 Å². The van der Waals surface area contributed by atoms with E-state index in [9.17, 15) is 9.90 Å². The van der Waals surface area contributed by atoms with Gasteiger partial charge in [0.25, 0.3) is 0 Å². The average molecular weight is 250 g/mol. The van der Waals surface area contributed by atoms with Crippen molar-refractivity contribution in [2.24, 2.45) is 0 Å². The predicted octanol–water partition coefficient (Wildman–Crippen LogP) is 1.65. The quantitative estimate of drug-likeness (QED) is 0.864. The van der Waals surface area contributed by atoms with Crippen LogP contribution in [0.15, 0.2) is 24.3 Å². The lowest BCUT2D eigenvalue weighted by atomic mass is 10.1. The van der Waals surface area contributed by atoms with Gasteiger partial charge in [0.1, 0.15) is 0 Å². The Balaban J connectivity index is 2.70. The maximum Gasteiger partial charge on any atom is 0.241 e. The van der Waals surface area contributed by atoms with Crippen molar-refractivity contribution in [3.8, 4) is 0 Å². The highest BCUT2D eigenvalue weighted by Crippen LogP contribution is 2.20. The van der Waals surface area contributed by atoms with E-state index >= 15 is 0 Å². The van der Waals surface area contributed by atoms with E-state index in [0.717, 1.165) is 11.3 Å². The molecule has 0 bridgehead atoms. The number of amides is 1. The van der Waals surface area contributed by atoms with Crippen LogP contribution in [0.2, 0.25) is 0 Å². The van der Waals surface area contributed by atoms with Gasteiger partial charge in [0.05, 0.1) is 12.6 Å². The molecule has 0 radical (unpaired) electrons. The molecule has 1 N–H and O–H groups in total. The smallest absolute Gasteiger partial charge is 0.241 e. The van der Waals surface area contributed by atoms with E-state index < -0.39 is 6.10 Å². The van der Waals surface area contributed by atoms with Crippen LogP contribution in [0.4, 0.5) is 5.69 Å². The van der Waals surface area contributed by atoms with Gasteiger partial charge in [0, 0.05) is 26.8 Å². The number of benzene rings is 1. The van der Waals surface area contributed by atoms with Crippen molar-refractivity contribution in [2.45, 2.75) is 19.4 Å². The third-order valence-corrected chi connectivity index (χ3v) is 2.98. The first kappa shape index (κ1) is 14.5. The van der Waals surface area contributed by atoms with Gasteiger partial charge in [-0.3, -0.25) is 4.79 Å². The van der Waals surface area contributed by atoms with Crippen LogP contribution < -0.4 is 4.90 Å². The summed E-state index contributed by atoms with van der Waals surface area (Å²) in [5, 5.41) is 9.70. The van der Waals surface area contributed by atoms with Gasteiger partial charge in [0.2, 0.25) is 5.91 Å². The van der Waals surface area contributed by atoms with Gasteiger partial charge < -0.3 is 14.9 Å². The van der Waals surface area contributed by atoms with Crippen LogP contribution in [0.1, 0.15) is 25.0 Å². The fourth-order valence-corrected chi connectivity index (χ4v) is 1.62. The van der Waals surface area contributed by atoms with Crippen molar-refractivity contribution < 1.29 is 9.90 Å². The van der Waals surface area contributed by atoms with Gasteiger partial charge in [-0.1, -0.05) is 19.1 Å². The Morgan fingerprint density at radius 3 is 2.22 bits per heavy atom. The number of carbonyl (C=O) groups excluding carboxylic acids is 1. The summed E-state index contributed by atoms with van der Waals surface area (Å²) in [6, 6.07) is 7.66. The Morgan fingerprint density at radius 1 is 1.22 bits per heavy atom. The maximum atomic E-state index is 11.6. The second kappa shape index (κ2) is 6.40. The first-order valence-electron chi connectivity index (χ1n) is 6.15. The van der Waals surface area contributed by atoms with Gasteiger partial charge in [0.15, 0.2) is 0 Å². The number of nitrogens with zero attached hydrogens (tertiary/aromatic N) is 2. The molecular formula is C14H22N2O2. The fourth-order valence-electron chi connectivity index (χ4n) is 1.62. The zero-order chi connectivity index (χ0) is 13.7. The number of anilines is 1. The lowest BCUT2D eigenvalue weighted by Crippen LogP contribution is -2.34. The van der Waals surface area contributed by atoms with Crippen molar-refractivity contribution in [1.82, 2.24) is 4.90 Å². The topological polar surface area (TPSA) is 43.8 Å². The lowest BCUT2D eigenvalue weighted by Gasteiger charge is -2.21. The van der Waals surface area contributed by atoms with Gasteiger partial charge in [-0.25, -0.2) is 0 Å². The van der Waals surface area contributed by atoms with Crippen molar-refractivity contribution in [1.29, 1.82) is 0 Å². The SMILES string of the molecule is CC[C@H](O)c1ccc(N(C)CC(=O)N(C)C)cc1. The Morgan fingerprint density at radius 2 is 1.78 bits per heavy atom. The zero-order valence-corrected chi connectivity index (χ0v) is 11.6. The van der Waals surface area contributed by atoms with Crippen molar-refractivity contribution >= 4 is 11.6 Å². The van der Waals surface area contributed by atoms with Crippen LogP contribution in [-0.2, 0) is 4.79 Å². The summed E-state index contributed by atoms with van der Waals surface area (Å²) >= 11 is 0. The van der Waals surface area contributed by atoms with Crippen LogP contribution in [-0.4, -0.2) is 43.6 Å². The number of carbonyl (C=O) groups is 1. The van der Waals surface area contributed by atoms with Crippen LogP contribution in [0, 0.1) is 0 Å². The third kappa shape index (κ3) is 3.74. The first-order valence-corrected chi connectivity index (χ1v) is 6.15. The Kier molecular flexibility index (Phi) is 5.16. The minimum absolute atomic E-state index is 0.0650. The highest BCUT2D eigenvalue weighted by atomic mass is 16.3. The van der Waals surface area contributed by atoms with E-state index in [4.69, 9.17) is 0 Å². The van der Waals surface area contributed by atoms with Gasteiger partial charge >= 0.3 is 0 Å². The molecule has 1 aromatic rings. The molecule has 0 fully saturated rings. The molecule has 18 heavy (non-hydrogen) atoms. The standard InChI is InChI=1S/C14H22N2O2/c1-5-13(17)11-6-8-12(9-7-11)16(4)10-14(18)15(2)3/h6-9,13,17H,5,10H2,1-4H3/t13-/m0/s1. The molecule has 0 spiro atoms. The first-order chi connectivity index (χ1) is 8.45. The third-order valence-electron chi connectivity index (χ3n) is 2.98. The maximum absolute atomic E-state index is 11.6. The Labute approximate surface area is 109 Å². The molecule has 100 valence electrons. The van der Waals surface area contributed by atoms with E-state index in [1.165, 1.54) is 0 Å². The molecule has 0 heterocycles. The minimum Gasteiger partial charge on any atom is -0.388 e. The van der Waals surface area contributed by atoms with Crippen molar-refractivity contribution in [3.63, 3.8) is 0 Å². The number of hydrogen-bond acceptors (Lipinski definition) is 3. The molecule has 1 atom stereocenters. The van der Waals surface area contributed by atoms with Crippen LogP contribution in [0.3, 0.4) is 0 Å². The number of aliphatic hydroxyl groups excluding tert-OH is 1. The minimum atomic E-state index is -0.409. The summed E-state index contributed by atoms with van der Waals surface area (Å²) in [6.07, 6.45) is 0.293. The molecule has 1 aromatic carbocycles. The molecule has 0 unspecified atom stereocenters. The molecule has 0 saturated heterocycles. The zero-order valence-electron chi connectivity index (χ0n) is 11.6. The average Bonchev–Trinajstić information content (AvgIpc) is 2.37. The number of rotatable bonds is 5. The largest absolute Gasteiger partial charge is 0.388 e. The molecule has 0 aliphatic rings. The molecule has 4 nitrogen and oxygen atoms in total. The molecule has 1 amide bonds. The molecule has 0 aromatic heterocycles. The Bertz CT molecular complexity index is 387. The molecular weight excluding hydrogens is 228 g/mol. The van der Waals surface area contributed by atoms with E-state index in [2.05, 4.69) is 0 Å². The number of hydrogen-bond donors (Lipinski definition) is 1. The monoisotopic (exact) mass is 250 g/mol. The summed E-state index contributed by atoms with van der Waals surface area (Å²) in [6.45, 7) is 2.29. The van der Waals surface area contributed by atoms with E-state index in [1.54, 1.807) is 19.0 Å². The molecule has 0 aliphatic carbocycles. The summed E-state index contributed by atoms with van der Waals surface area (Å²) < 4.78 is 0.